The Balaban J connectivity index is 1.89. The molecule has 0 aliphatic carbocycles. The van der Waals surface area contributed by atoms with E-state index in [1.165, 1.54) is 0 Å². The van der Waals surface area contributed by atoms with Crippen LogP contribution in [0.25, 0.3) is 10.8 Å². The smallest absolute Gasteiger partial charge is 0.407 e. The number of hydrogen-bond acceptors (Lipinski definition) is 4. The molecule has 1 N–H and O–H groups in total. The summed E-state index contributed by atoms with van der Waals surface area (Å²) in [6, 6.07) is 13.5. The highest BCUT2D eigenvalue weighted by atomic mass is 16.6. The van der Waals surface area contributed by atoms with E-state index in [9.17, 15) is 9.59 Å². The van der Waals surface area contributed by atoms with Gasteiger partial charge >= 0.3 is 6.09 Å². The van der Waals surface area contributed by atoms with Crippen molar-refractivity contribution < 1.29 is 14.3 Å². The van der Waals surface area contributed by atoms with Gasteiger partial charge in [0.2, 0.25) is 0 Å². The Bertz CT molecular complexity index is 894. The van der Waals surface area contributed by atoms with Crippen molar-refractivity contribution in [2.24, 2.45) is 0 Å². The summed E-state index contributed by atoms with van der Waals surface area (Å²) in [7, 11) is 1.75. The maximum atomic E-state index is 12.6. The summed E-state index contributed by atoms with van der Waals surface area (Å²) < 4.78 is 5.18. The van der Waals surface area contributed by atoms with E-state index in [-0.39, 0.29) is 5.91 Å². The van der Waals surface area contributed by atoms with Crippen LogP contribution in [0.3, 0.4) is 0 Å². The number of amides is 2. The number of fused-ring (bicyclic) bond motifs is 1. The highest BCUT2D eigenvalue weighted by molar-refractivity contribution is 5.98. The van der Waals surface area contributed by atoms with Crippen LogP contribution >= 0.6 is 0 Å². The van der Waals surface area contributed by atoms with E-state index < -0.39 is 11.7 Å². The number of nitriles is 1. The molecule has 6 heteroatoms. The molecule has 148 valence electrons. The van der Waals surface area contributed by atoms with Gasteiger partial charge < -0.3 is 15.0 Å². The fourth-order valence-corrected chi connectivity index (χ4v) is 2.77. The minimum Gasteiger partial charge on any atom is -0.444 e. The zero-order valence-electron chi connectivity index (χ0n) is 16.9. The Labute approximate surface area is 166 Å². The first-order valence-corrected chi connectivity index (χ1v) is 9.31. The van der Waals surface area contributed by atoms with Crippen LogP contribution < -0.4 is 5.32 Å². The number of alkyl carbamates (subject to hydrolysis) is 1. The lowest BCUT2D eigenvalue weighted by atomic mass is 10.0. The number of hydrogen-bond donors (Lipinski definition) is 1. The highest BCUT2D eigenvalue weighted by Crippen LogP contribution is 2.19. The van der Waals surface area contributed by atoms with E-state index in [2.05, 4.69) is 11.4 Å². The molecule has 28 heavy (non-hydrogen) atoms. The molecule has 0 saturated carbocycles. The summed E-state index contributed by atoms with van der Waals surface area (Å²) in [6.45, 7) is 6.40. The molecule has 0 aliphatic heterocycles. The summed E-state index contributed by atoms with van der Waals surface area (Å²) in [4.78, 5) is 25.9. The van der Waals surface area contributed by atoms with E-state index in [1.54, 1.807) is 18.0 Å². The molecule has 0 aromatic heterocycles. The first-order valence-electron chi connectivity index (χ1n) is 9.31. The Morgan fingerprint density at radius 2 is 1.82 bits per heavy atom. The molecule has 2 rings (SSSR count). The Hall–Kier alpha value is -3.07. The van der Waals surface area contributed by atoms with Crippen LogP contribution in [0.4, 0.5) is 4.79 Å². The second-order valence-electron chi connectivity index (χ2n) is 7.74. The Morgan fingerprint density at radius 1 is 1.14 bits per heavy atom. The van der Waals surface area contributed by atoms with Gasteiger partial charge in [-0.1, -0.05) is 24.3 Å². The van der Waals surface area contributed by atoms with Crippen molar-refractivity contribution in [3.63, 3.8) is 0 Å². The summed E-state index contributed by atoms with van der Waals surface area (Å²) in [5.74, 6) is -0.0692. The zero-order valence-corrected chi connectivity index (χ0v) is 16.9. The van der Waals surface area contributed by atoms with E-state index in [0.29, 0.717) is 31.5 Å². The third-order valence-electron chi connectivity index (χ3n) is 4.12. The molecule has 0 saturated heterocycles. The maximum Gasteiger partial charge on any atom is 0.407 e. The lowest BCUT2D eigenvalue weighted by Crippen LogP contribution is -2.35. The molecule has 0 aliphatic rings. The van der Waals surface area contributed by atoms with Crippen LogP contribution in [-0.4, -0.2) is 42.6 Å². The number of carbonyl (C=O) groups excluding carboxylic acids is 2. The normalized spacial score (nSPS) is 11.0. The van der Waals surface area contributed by atoms with Gasteiger partial charge in [0.25, 0.3) is 5.91 Å². The van der Waals surface area contributed by atoms with Crippen molar-refractivity contribution >= 4 is 22.8 Å². The standard InChI is InChI=1S/C22H27N3O3/c1-22(2,3)28-21(27)24-12-5-13-25(4)20(26)19-9-8-17-14-16(10-11-23)6-7-18(17)15-19/h6-9,14-15H,5,10,12-13H2,1-4H3,(H,24,27). The SMILES string of the molecule is CN(CCCNC(=O)OC(C)(C)C)C(=O)c1ccc2cc(CC#N)ccc2c1. The first kappa shape index (κ1) is 21.2. The molecule has 0 fully saturated rings. The molecular formula is C22H27N3O3. The largest absolute Gasteiger partial charge is 0.444 e. The fourth-order valence-electron chi connectivity index (χ4n) is 2.77. The zero-order chi connectivity index (χ0) is 20.7. The van der Waals surface area contributed by atoms with Crippen molar-refractivity contribution in [2.75, 3.05) is 20.1 Å². The van der Waals surface area contributed by atoms with E-state index in [1.807, 2.05) is 51.1 Å². The predicted molar refractivity (Wildman–Crippen MR) is 109 cm³/mol. The summed E-state index contributed by atoms with van der Waals surface area (Å²) in [5, 5.41) is 13.5. The summed E-state index contributed by atoms with van der Waals surface area (Å²) in [5.41, 5.74) is 1.05. The minimum atomic E-state index is -0.526. The molecule has 0 spiro atoms. The van der Waals surface area contributed by atoms with Crippen molar-refractivity contribution in [2.45, 2.75) is 39.2 Å². The second-order valence-corrected chi connectivity index (χ2v) is 7.74. The molecular weight excluding hydrogens is 354 g/mol. The maximum absolute atomic E-state index is 12.6. The van der Waals surface area contributed by atoms with Gasteiger partial charge in [0.15, 0.2) is 0 Å². The molecule has 0 bridgehead atoms. The van der Waals surface area contributed by atoms with E-state index >= 15 is 0 Å². The molecule has 0 heterocycles. The first-order chi connectivity index (χ1) is 13.2. The van der Waals surface area contributed by atoms with Crippen LogP contribution in [0.5, 0.6) is 0 Å². The molecule has 0 atom stereocenters. The lowest BCUT2D eigenvalue weighted by Gasteiger charge is -2.20. The van der Waals surface area contributed by atoms with Crippen molar-refractivity contribution in [1.82, 2.24) is 10.2 Å². The predicted octanol–water partition coefficient (Wildman–Crippen LogP) is 3.89. The second kappa shape index (κ2) is 9.23. The third-order valence-corrected chi connectivity index (χ3v) is 4.12. The number of benzene rings is 2. The molecule has 2 amide bonds. The van der Waals surface area contributed by atoms with Crippen LogP contribution in [0.2, 0.25) is 0 Å². The molecule has 2 aromatic carbocycles. The van der Waals surface area contributed by atoms with Crippen LogP contribution in [0.15, 0.2) is 36.4 Å². The Kier molecular flexibility index (Phi) is 7.00. The van der Waals surface area contributed by atoms with Crippen molar-refractivity contribution in [1.29, 1.82) is 5.26 Å². The average molecular weight is 381 g/mol. The van der Waals surface area contributed by atoms with Gasteiger partial charge in [-0.05, 0) is 55.7 Å². The minimum absolute atomic E-state index is 0.0692. The Morgan fingerprint density at radius 3 is 2.50 bits per heavy atom. The topological polar surface area (TPSA) is 82.4 Å². The number of rotatable bonds is 6. The van der Waals surface area contributed by atoms with Crippen molar-refractivity contribution in [3.05, 3.63) is 47.5 Å². The molecule has 0 unspecified atom stereocenters. The third kappa shape index (κ3) is 6.27. The van der Waals surface area contributed by atoms with Gasteiger partial charge in [-0.2, -0.15) is 5.26 Å². The van der Waals surface area contributed by atoms with Crippen molar-refractivity contribution in [3.8, 4) is 6.07 Å². The number of nitrogens with one attached hydrogen (secondary N) is 1. The molecule has 6 nitrogen and oxygen atoms in total. The quantitative estimate of drug-likeness (QED) is 0.770. The lowest BCUT2D eigenvalue weighted by molar-refractivity contribution is 0.0526. The summed E-state index contributed by atoms with van der Waals surface area (Å²) in [6.07, 6.45) is 0.551. The van der Waals surface area contributed by atoms with Gasteiger partial charge in [0.05, 0.1) is 12.5 Å². The number of nitrogens with zero attached hydrogens (tertiary/aromatic N) is 2. The van der Waals surface area contributed by atoms with E-state index in [0.717, 1.165) is 16.3 Å². The average Bonchev–Trinajstić information content (AvgIpc) is 2.63. The highest BCUT2D eigenvalue weighted by Gasteiger charge is 2.16. The van der Waals surface area contributed by atoms with Gasteiger partial charge in [0, 0.05) is 25.7 Å². The van der Waals surface area contributed by atoms with Gasteiger partial charge in [-0.3, -0.25) is 4.79 Å². The molecule has 0 radical (unpaired) electrons. The van der Waals surface area contributed by atoms with Gasteiger partial charge in [0.1, 0.15) is 5.60 Å². The van der Waals surface area contributed by atoms with Crippen LogP contribution in [0, 0.1) is 11.3 Å². The number of carbonyl (C=O) groups is 2. The van der Waals surface area contributed by atoms with Gasteiger partial charge in [-0.25, -0.2) is 4.79 Å². The van der Waals surface area contributed by atoms with Gasteiger partial charge in [-0.15, -0.1) is 0 Å². The van der Waals surface area contributed by atoms with Crippen LogP contribution in [-0.2, 0) is 11.2 Å². The van der Waals surface area contributed by atoms with E-state index in [4.69, 9.17) is 10.00 Å². The summed E-state index contributed by atoms with van der Waals surface area (Å²) >= 11 is 0. The van der Waals surface area contributed by atoms with Crippen LogP contribution in [0.1, 0.15) is 43.1 Å². The monoisotopic (exact) mass is 381 g/mol. The molecule has 2 aromatic rings. The fraction of sp³-hybridized carbons (Fsp3) is 0.409. The number of ether oxygens (including phenoxy) is 1.